The van der Waals surface area contributed by atoms with E-state index in [0.29, 0.717) is 22.9 Å². The molecule has 0 N–H and O–H groups in total. The second kappa shape index (κ2) is 9.34. The average Bonchev–Trinajstić information content (AvgIpc) is 3.18. The molecule has 158 valence electrons. The Balaban J connectivity index is 1.79. The van der Waals surface area contributed by atoms with E-state index in [9.17, 15) is 18.0 Å². The van der Waals surface area contributed by atoms with Crippen molar-refractivity contribution >= 4 is 11.8 Å². The van der Waals surface area contributed by atoms with Gasteiger partial charge in [-0.25, -0.2) is 4.79 Å². The molecule has 3 rings (SSSR count). The van der Waals surface area contributed by atoms with Crippen molar-refractivity contribution in [3.63, 3.8) is 0 Å². The van der Waals surface area contributed by atoms with Crippen molar-refractivity contribution in [1.82, 2.24) is 14.5 Å². The van der Waals surface area contributed by atoms with Gasteiger partial charge in [0.05, 0.1) is 5.56 Å². The van der Waals surface area contributed by atoms with Crippen molar-refractivity contribution in [3.05, 3.63) is 57.1 Å². The van der Waals surface area contributed by atoms with Crippen LogP contribution in [0.15, 0.2) is 34.1 Å². The molecule has 0 atom stereocenters. The first-order valence-electron chi connectivity index (χ1n) is 9.97. The van der Waals surface area contributed by atoms with Crippen molar-refractivity contribution in [2.45, 2.75) is 56.6 Å². The van der Waals surface area contributed by atoms with Gasteiger partial charge in [0.1, 0.15) is 5.03 Å². The number of aromatic nitrogens is 2. The number of rotatable bonds is 8. The van der Waals surface area contributed by atoms with Gasteiger partial charge >= 0.3 is 11.9 Å². The van der Waals surface area contributed by atoms with Gasteiger partial charge in [-0.1, -0.05) is 32.0 Å². The quantitative estimate of drug-likeness (QED) is 0.465. The summed E-state index contributed by atoms with van der Waals surface area (Å²) in [6.07, 6.45) is -1.67. The second-order valence-corrected chi connectivity index (χ2v) is 8.11. The van der Waals surface area contributed by atoms with Crippen molar-refractivity contribution in [2.75, 3.05) is 19.6 Å². The van der Waals surface area contributed by atoms with Crippen molar-refractivity contribution in [1.29, 1.82) is 0 Å². The Labute approximate surface area is 173 Å². The molecule has 0 amide bonds. The van der Waals surface area contributed by atoms with E-state index < -0.39 is 11.7 Å². The molecule has 0 fully saturated rings. The third-order valence-corrected chi connectivity index (χ3v) is 6.45. The number of hydrogen-bond acceptors (Lipinski definition) is 4. The number of fused-ring (bicyclic) bond motifs is 1. The van der Waals surface area contributed by atoms with Gasteiger partial charge in [-0.05, 0) is 44.0 Å². The Bertz CT molecular complexity index is 907. The number of thioether (sulfide) groups is 1. The van der Waals surface area contributed by atoms with Gasteiger partial charge in [0.25, 0.3) is 0 Å². The van der Waals surface area contributed by atoms with Crippen LogP contribution in [0.25, 0.3) is 0 Å². The Hall–Kier alpha value is -1.80. The van der Waals surface area contributed by atoms with Gasteiger partial charge in [0.2, 0.25) is 0 Å². The smallest absolute Gasteiger partial charge is 0.302 e. The summed E-state index contributed by atoms with van der Waals surface area (Å²) in [6, 6.07) is 5.33. The molecule has 1 aromatic carbocycles. The Morgan fingerprint density at radius 2 is 1.97 bits per heavy atom. The maximum absolute atomic E-state index is 12.9. The van der Waals surface area contributed by atoms with Crippen molar-refractivity contribution < 1.29 is 13.2 Å². The summed E-state index contributed by atoms with van der Waals surface area (Å²) in [6.45, 7) is 7.49. The molecule has 0 radical (unpaired) electrons. The maximum Gasteiger partial charge on any atom is 0.416 e. The predicted molar refractivity (Wildman–Crippen MR) is 109 cm³/mol. The van der Waals surface area contributed by atoms with Gasteiger partial charge < -0.3 is 4.90 Å². The minimum Gasteiger partial charge on any atom is -0.302 e. The lowest BCUT2D eigenvalue weighted by Gasteiger charge is -2.20. The molecule has 0 saturated carbocycles. The highest BCUT2D eigenvalue weighted by atomic mass is 32.2. The molecular formula is C21H26F3N3OS. The number of likely N-dealkylation sites (N-methyl/N-ethyl adjacent to an activating group) is 1. The highest BCUT2D eigenvalue weighted by Gasteiger charge is 2.30. The lowest BCUT2D eigenvalue weighted by Crippen LogP contribution is -2.33. The first-order valence-corrected chi connectivity index (χ1v) is 11.0. The van der Waals surface area contributed by atoms with Gasteiger partial charge in [-0.3, -0.25) is 4.57 Å². The monoisotopic (exact) mass is 425 g/mol. The van der Waals surface area contributed by atoms with Gasteiger partial charge in [0, 0.05) is 30.1 Å². The summed E-state index contributed by atoms with van der Waals surface area (Å²) < 4.78 is 40.6. The largest absolute Gasteiger partial charge is 0.416 e. The Kier molecular flexibility index (Phi) is 7.05. The molecule has 4 nitrogen and oxygen atoms in total. The van der Waals surface area contributed by atoms with Crippen LogP contribution >= 0.6 is 11.8 Å². The number of benzene rings is 1. The van der Waals surface area contributed by atoms with Crippen LogP contribution in [0.5, 0.6) is 0 Å². The topological polar surface area (TPSA) is 38.1 Å². The normalized spacial score (nSPS) is 13.9. The molecule has 0 bridgehead atoms. The molecule has 1 heterocycles. The summed E-state index contributed by atoms with van der Waals surface area (Å²) in [7, 11) is 0. The molecule has 2 aromatic rings. The van der Waals surface area contributed by atoms with Gasteiger partial charge in [0.15, 0.2) is 0 Å². The van der Waals surface area contributed by atoms with Crippen LogP contribution in [-0.2, 0) is 31.3 Å². The van der Waals surface area contributed by atoms with Gasteiger partial charge in [-0.15, -0.1) is 11.8 Å². The van der Waals surface area contributed by atoms with E-state index in [4.69, 9.17) is 0 Å². The molecule has 0 unspecified atom stereocenters. The fourth-order valence-corrected chi connectivity index (χ4v) is 4.73. The Morgan fingerprint density at radius 3 is 2.66 bits per heavy atom. The number of hydrogen-bond donors (Lipinski definition) is 0. The lowest BCUT2D eigenvalue weighted by atomic mass is 10.1. The minimum atomic E-state index is -4.36. The predicted octanol–water partition coefficient (Wildman–Crippen LogP) is 4.38. The fraction of sp³-hybridized carbons (Fsp3) is 0.524. The molecule has 0 aliphatic heterocycles. The highest BCUT2D eigenvalue weighted by Crippen LogP contribution is 2.33. The summed E-state index contributed by atoms with van der Waals surface area (Å²) in [5.74, 6) is 0.353. The summed E-state index contributed by atoms with van der Waals surface area (Å²) in [4.78, 5) is 19.2. The Morgan fingerprint density at radius 1 is 1.21 bits per heavy atom. The molecule has 0 saturated heterocycles. The van der Waals surface area contributed by atoms with Crippen LogP contribution in [0.4, 0.5) is 13.2 Å². The third kappa shape index (κ3) is 5.22. The van der Waals surface area contributed by atoms with Crippen molar-refractivity contribution in [2.24, 2.45) is 0 Å². The number of nitrogens with zero attached hydrogens (tertiary/aromatic N) is 3. The van der Waals surface area contributed by atoms with Gasteiger partial charge in [-0.2, -0.15) is 18.2 Å². The number of alkyl halides is 3. The van der Waals surface area contributed by atoms with E-state index in [1.807, 2.05) is 0 Å². The van der Waals surface area contributed by atoms with E-state index in [0.717, 1.165) is 56.2 Å². The highest BCUT2D eigenvalue weighted by molar-refractivity contribution is 7.98. The molecular weight excluding hydrogens is 399 g/mol. The standard InChI is InChI=1S/C21H26F3N3OS/c1-3-26(4-2)11-12-27-18-10-6-9-17(18)19(25-20(27)28)29-14-15-7-5-8-16(13-15)21(22,23)24/h5,7-8,13H,3-4,6,9-12,14H2,1-2H3. The zero-order valence-electron chi connectivity index (χ0n) is 16.8. The molecule has 1 aliphatic carbocycles. The lowest BCUT2D eigenvalue weighted by molar-refractivity contribution is -0.137. The zero-order chi connectivity index (χ0) is 21.0. The van der Waals surface area contributed by atoms with Crippen LogP contribution in [-0.4, -0.2) is 34.1 Å². The second-order valence-electron chi connectivity index (χ2n) is 7.14. The molecule has 1 aliphatic rings. The summed E-state index contributed by atoms with van der Waals surface area (Å²) in [5.41, 5.74) is 1.79. The molecule has 29 heavy (non-hydrogen) atoms. The first-order chi connectivity index (χ1) is 13.8. The van der Waals surface area contributed by atoms with Crippen LogP contribution < -0.4 is 5.69 Å². The van der Waals surface area contributed by atoms with E-state index in [1.165, 1.54) is 23.9 Å². The average molecular weight is 426 g/mol. The van der Waals surface area contributed by atoms with Crippen LogP contribution in [0, 0.1) is 0 Å². The summed E-state index contributed by atoms with van der Waals surface area (Å²) >= 11 is 1.35. The zero-order valence-corrected chi connectivity index (χ0v) is 17.6. The molecule has 8 heteroatoms. The van der Waals surface area contributed by atoms with Crippen molar-refractivity contribution in [3.8, 4) is 0 Å². The summed E-state index contributed by atoms with van der Waals surface area (Å²) in [5, 5.41) is 0.666. The van der Waals surface area contributed by atoms with E-state index >= 15 is 0 Å². The van der Waals surface area contributed by atoms with Crippen LogP contribution in [0.3, 0.4) is 0 Å². The first kappa shape index (κ1) is 21.9. The van der Waals surface area contributed by atoms with Crippen LogP contribution in [0.1, 0.15) is 42.7 Å². The molecule has 0 spiro atoms. The minimum absolute atomic E-state index is 0.260. The maximum atomic E-state index is 12.9. The van der Waals surface area contributed by atoms with E-state index in [2.05, 4.69) is 23.7 Å². The third-order valence-electron chi connectivity index (χ3n) is 5.36. The number of halogens is 3. The van der Waals surface area contributed by atoms with Crippen LogP contribution in [0.2, 0.25) is 0 Å². The van der Waals surface area contributed by atoms with E-state index in [1.54, 1.807) is 10.6 Å². The fourth-order valence-electron chi connectivity index (χ4n) is 3.71. The molecule has 1 aromatic heterocycles. The van der Waals surface area contributed by atoms with E-state index in [-0.39, 0.29) is 5.69 Å². The SMILES string of the molecule is CCN(CC)CCn1c2c(c(SCc3cccc(C(F)(F)F)c3)nc1=O)CCC2.